The van der Waals surface area contributed by atoms with Gasteiger partial charge in [-0.15, -0.1) is 11.8 Å². The van der Waals surface area contributed by atoms with Crippen LogP contribution in [0.25, 0.3) is 0 Å². The van der Waals surface area contributed by atoms with Crippen molar-refractivity contribution in [1.29, 1.82) is 0 Å². The summed E-state index contributed by atoms with van der Waals surface area (Å²) in [4.78, 5) is 1.38. The molecule has 0 aromatic heterocycles. The molecular weight excluding hydrogens is 238 g/mol. The number of benzene rings is 1. The third-order valence-corrected chi connectivity index (χ3v) is 4.59. The molecule has 0 aliphatic carbocycles. The molecule has 1 aromatic carbocycles. The minimum atomic E-state index is 0.602. The van der Waals surface area contributed by atoms with Crippen molar-refractivity contribution in [3.8, 4) is 0 Å². The fraction of sp³-hybridized carbons (Fsp3) is 0.625. The number of hydrogen-bond donors (Lipinski definition) is 1. The molecule has 0 radical (unpaired) electrons. The molecule has 1 nitrogen and oxygen atoms in total. The van der Waals surface area contributed by atoms with Gasteiger partial charge in [0.1, 0.15) is 0 Å². The van der Waals surface area contributed by atoms with Gasteiger partial charge in [-0.3, -0.25) is 0 Å². The van der Waals surface area contributed by atoms with Crippen LogP contribution in [0.2, 0.25) is 0 Å². The summed E-state index contributed by atoms with van der Waals surface area (Å²) < 4.78 is 0. The topological polar surface area (TPSA) is 12.0 Å². The highest BCUT2D eigenvalue weighted by Gasteiger charge is 2.15. The highest BCUT2D eigenvalue weighted by molar-refractivity contribution is 8.00. The lowest BCUT2D eigenvalue weighted by Gasteiger charge is -2.23. The Morgan fingerprint density at radius 3 is 2.11 bits per heavy atom. The molecule has 0 aliphatic rings. The average Bonchev–Trinajstić information content (AvgIpc) is 2.36. The Labute approximate surface area is 117 Å². The van der Waals surface area contributed by atoms with Crippen LogP contribution in [0.1, 0.15) is 52.5 Å². The monoisotopic (exact) mass is 265 g/mol. The Morgan fingerprint density at radius 2 is 1.67 bits per heavy atom. The molecule has 0 saturated heterocycles. The molecule has 0 fully saturated rings. The molecular formula is C16H27NS. The Morgan fingerprint density at radius 1 is 1.06 bits per heavy atom. The molecule has 18 heavy (non-hydrogen) atoms. The van der Waals surface area contributed by atoms with Crippen LogP contribution in [0.15, 0.2) is 29.2 Å². The third-order valence-electron chi connectivity index (χ3n) is 3.34. The van der Waals surface area contributed by atoms with E-state index in [0.29, 0.717) is 17.2 Å². The molecule has 1 rings (SSSR count). The highest BCUT2D eigenvalue weighted by atomic mass is 32.2. The van der Waals surface area contributed by atoms with Crippen molar-refractivity contribution >= 4 is 11.8 Å². The van der Waals surface area contributed by atoms with Crippen molar-refractivity contribution in [2.24, 2.45) is 0 Å². The number of hydrogen-bond acceptors (Lipinski definition) is 2. The normalized spacial score (nSPS) is 14.8. The van der Waals surface area contributed by atoms with E-state index < -0.39 is 0 Å². The smallest absolute Gasteiger partial charge is 0.0220 e. The van der Waals surface area contributed by atoms with Gasteiger partial charge in [0.2, 0.25) is 0 Å². The summed E-state index contributed by atoms with van der Waals surface area (Å²) in [6, 6.07) is 9.64. The summed E-state index contributed by atoms with van der Waals surface area (Å²) in [7, 11) is 0. The van der Waals surface area contributed by atoms with Crippen LogP contribution in [0.3, 0.4) is 0 Å². The van der Waals surface area contributed by atoms with Crippen molar-refractivity contribution in [1.82, 2.24) is 5.32 Å². The predicted octanol–water partition coefficient (Wildman–Crippen LogP) is 4.68. The maximum absolute atomic E-state index is 3.56. The molecule has 2 heteroatoms. The molecule has 0 heterocycles. The molecule has 102 valence electrons. The first-order chi connectivity index (χ1) is 8.58. The summed E-state index contributed by atoms with van der Waals surface area (Å²) in [6.07, 6.45) is 1.19. The second kappa shape index (κ2) is 7.85. The largest absolute Gasteiger partial charge is 0.313 e. The van der Waals surface area contributed by atoms with Crippen molar-refractivity contribution in [2.75, 3.05) is 6.54 Å². The second-order valence-corrected chi connectivity index (χ2v) is 6.57. The van der Waals surface area contributed by atoms with E-state index in [1.807, 2.05) is 11.8 Å². The van der Waals surface area contributed by atoms with E-state index in [2.05, 4.69) is 64.2 Å². The van der Waals surface area contributed by atoms with Gasteiger partial charge in [-0.2, -0.15) is 0 Å². The van der Waals surface area contributed by atoms with E-state index in [-0.39, 0.29) is 0 Å². The van der Waals surface area contributed by atoms with Gasteiger partial charge in [0, 0.05) is 16.2 Å². The third kappa shape index (κ3) is 4.66. The van der Waals surface area contributed by atoms with Crippen LogP contribution in [-0.4, -0.2) is 17.8 Å². The SMILES string of the molecule is CCNC(CC)C(C)Sc1ccc(C(C)C)cc1. The average molecular weight is 265 g/mol. The molecule has 0 aliphatic heterocycles. The molecule has 1 N–H and O–H groups in total. The van der Waals surface area contributed by atoms with E-state index in [4.69, 9.17) is 0 Å². The fourth-order valence-corrected chi connectivity index (χ4v) is 3.31. The van der Waals surface area contributed by atoms with Crippen molar-refractivity contribution in [3.63, 3.8) is 0 Å². The van der Waals surface area contributed by atoms with E-state index in [1.165, 1.54) is 16.9 Å². The lowest BCUT2D eigenvalue weighted by atomic mass is 10.0. The van der Waals surface area contributed by atoms with E-state index >= 15 is 0 Å². The molecule has 0 bridgehead atoms. The fourth-order valence-electron chi connectivity index (χ4n) is 2.13. The van der Waals surface area contributed by atoms with Crippen LogP contribution in [0, 0.1) is 0 Å². The standard InChI is InChI=1S/C16H27NS/c1-6-16(17-7-2)13(5)18-15-10-8-14(9-11-15)12(3)4/h8-13,16-17H,6-7H2,1-5H3. The molecule has 2 unspecified atom stereocenters. The van der Waals surface area contributed by atoms with Crippen LogP contribution < -0.4 is 5.32 Å². The lowest BCUT2D eigenvalue weighted by molar-refractivity contribution is 0.509. The molecule has 0 saturated carbocycles. The van der Waals surface area contributed by atoms with Crippen molar-refractivity contribution in [2.45, 2.75) is 63.1 Å². The van der Waals surface area contributed by atoms with Gasteiger partial charge in [0.15, 0.2) is 0 Å². The van der Waals surface area contributed by atoms with E-state index in [0.717, 1.165) is 6.54 Å². The zero-order valence-corrected chi connectivity index (χ0v) is 13.2. The van der Waals surface area contributed by atoms with Gasteiger partial charge in [-0.05, 0) is 36.6 Å². The Balaban J connectivity index is 2.60. The molecule has 0 spiro atoms. The van der Waals surface area contributed by atoms with Crippen LogP contribution in [0.4, 0.5) is 0 Å². The predicted molar refractivity (Wildman–Crippen MR) is 83.6 cm³/mol. The van der Waals surface area contributed by atoms with Crippen LogP contribution in [0.5, 0.6) is 0 Å². The Hall–Kier alpha value is -0.470. The van der Waals surface area contributed by atoms with Gasteiger partial charge in [0.25, 0.3) is 0 Å². The second-order valence-electron chi connectivity index (χ2n) is 5.12. The summed E-state index contributed by atoms with van der Waals surface area (Å²) in [5.41, 5.74) is 1.42. The number of rotatable bonds is 7. The first-order valence-corrected chi connectivity index (χ1v) is 7.96. The summed E-state index contributed by atoms with van der Waals surface area (Å²) in [6.45, 7) is 12.3. The van der Waals surface area contributed by atoms with E-state index in [9.17, 15) is 0 Å². The molecule has 1 aromatic rings. The minimum absolute atomic E-state index is 0.602. The quantitative estimate of drug-likeness (QED) is 0.718. The summed E-state index contributed by atoms with van der Waals surface area (Å²) in [5.74, 6) is 0.617. The van der Waals surface area contributed by atoms with Gasteiger partial charge < -0.3 is 5.32 Å². The van der Waals surface area contributed by atoms with Gasteiger partial charge >= 0.3 is 0 Å². The van der Waals surface area contributed by atoms with Crippen LogP contribution >= 0.6 is 11.8 Å². The van der Waals surface area contributed by atoms with Crippen molar-refractivity contribution in [3.05, 3.63) is 29.8 Å². The number of thioether (sulfide) groups is 1. The molecule has 2 atom stereocenters. The maximum Gasteiger partial charge on any atom is 0.0220 e. The Kier molecular flexibility index (Phi) is 6.80. The Bertz CT molecular complexity index is 331. The summed E-state index contributed by atoms with van der Waals surface area (Å²) in [5, 5.41) is 4.17. The van der Waals surface area contributed by atoms with Crippen LogP contribution in [-0.2, 0) is 0 Å². The lowest BCUT2D eigenvalue weighted by Crippen LogP contribution is -2.35. The van der Waals surface area contributed by atoms with E-state index in [1.54, 1.807) is 0 Å². The van der Waals surface area contributed by atoms with Gasteiger partial charge in [0.05, 0.1) is 0 Å². The van der Waals surface area contributed by atoms with Crippen molar-refractivity contribution < 1.29 is 0 Å². The first kappa shape index (κ1) is 15.6. The van der Waals surface area contributed by atoms with Gasteiger partial charge in [-0.25, -0.2) is 0 Å². The zero-order chi connectivity index (χ0) is 13.5. The van der Waals surface area contributed by atoms with Gasteiger partial charge in [-0.1, -0.05) is 46.8 Å². The summed E-state index contributed by atoms with van der Waals surface area (Å²) >= 11 is 1.97. The maximum atomic E-state index is 3.56. The zero-order valence-electron chi connectivity index (χ0n) is 12.4. The molecule has 0 amide bonds. The highest BCUT2D eigenvalue weighted by Crippen LogP contribution is 2.27. The minimum Gasteiger partial charge on any atom is -0.313 e. The first-order valence-electron chi connectivity index (χ1n) is 7.08. The number of nitrogens with one attached hydrogen (secondary N) is 1.